The summed E-state index contributed by atoms with van der Waals surface area (Å²) in [5.41, 5.74) is 1.36. The molecule has 1 saturated carbocycles. The van der Waals surface area contributed by atoms with Crippen molar-refractivity contribution in [2.45, 2.75) is 17.7 Å². The van der Waals surface area contributed by atoms with Gasteiger partial charge in [0.25, 0.3) is 0 Å². The van der Waals surface area contributed by atoms with E-state index in [4.69, 9.17) is 16.1 Å². The zero-order valence-electron chi connectivity index (χ0n) is 10.4. The molecule has 19 heavy (non-hydrogen) atoms. The quantitative estimate of drug-likeness (QED) is 0.622. The number of Topliss-reactive ketones (excluding diaryl/α,β-unsaturated/α-hetero) is 1. The Morgan fingerprint density at radius 3 is 2.89 bits per heavy atom. The fraction of sp³-hybridized carbons (Fsp3) is 0.286. The van der Waals surface area contributed by atoms with Gasteiger partial charge in [-0.2, -0.15) is 0 Å². The molecular formula is C14H12ClNO2S. The van der Waals surface area contributed by atoms with Crippen molar-refractivity contribution in [3.05, 3.63) is 35.0 Å². The van der Waals surface area contributed by atoms with Gasteiger partial charge in [0.1, 0.15) is 0 Å². The van der Waals surface area contributed by atoms with Gasteiger partial charge >= 0.3 is 0 Å². The van der Waals surface area contributed by atoms with Gasteiger partial charge in [-0.15, -0.1) is 11.8 Å². The SMILES string of the molecule is CSc1ccc(-c2oncc2C(=O)C2CC2)cc1Cl. The summed E-state index contributed by atoms with van der Waals surface area (Å²) >= 11 is 7.77. The molecule has 3 nitrogen and oxygen atoms in total. The molecular weight excluding hydrogens is 282 g/mol. The van der Waals surface area contributed by atoms with E-state index in [-0.39, 0.29) is 11.7 Å². The molecule has 0 radical (unpaired) electrons. The Balaban J connectivity index is 2.00. The van der Waals surface area contributed by atoms with Gasteiger partial charge in [-0.3, -0.25) is 4.79 Å². The molecule has 0 N–H and O–H groups in total. The maximum Gasteiger partial charge on any atom is 0.177 e. The summed E-state index contributed by atoms with van der Waals surface area (Å²) in [6.07, 6.45) is 5.41. The van der Waals surface area contributed by atoms with Crippen molar-refractivity contribution in [1.29, 1.82) is 0 Å². The van der Waals surface area contributed by atoms with Crippen molar-refractivity contribution < 1.29 is 9.32 Å². The molecule has 98 valence electrons. The highest BCUT2D eigenvalue weighted by molar-refractivity contribution is 7.98. The van der Waals surface area contributed by atoms with Crippen molar-refractivity contribution in [3.8, 4) is 11.3 Å². The molecule has 0 spiro atoms. The third-order valence-electron chi connectivity index (χ3n) is 3.20. The molecule has 1 aromatic heterocycles. The van der Waals surface area contributed by atoms with Crippen molar-refractivity contribution >= 4 is 29.1 Å². The van der Waals surface area contributed by atoms with Crippen molar-refractivity contribution in [2.24, 2.45) is 5.92 Å². The minimum absolute atomic E-state index is 0.126. The van der Waals surface area contributed by atoms with Crippen LogP contribution in [0.2, 0.25) is 5.02 Å². The summed E-state index contributed by atoms with van der Waals surface area (Å²) in [5, 5.41) is 4.42. The summed E-state index contributed by atoms with van der Waals surface area (Å²) in [4.78, 5) is 13.1. The van der Waals surface area contributed by atoms with Crippen LogP contribution in [0.3, 0.4) is 0 Å². The summed E-state index contributed by atoms with van der Waals surface area (Å²) in [6.45, 7) is 0. The average Bonchev–Trinajstić information content (AvgIpc) is 3.15. The molecule has 0 atom stereocenters. The predicted octanol–water partition coefficient (Wildman–Crippen LogP) is 4.31. The molecule has 0 unspecified atom stereocenters. The van der Waals surface area contributed by atoms with Gasteiger partial charge in [0.2, 0.25) is 0 Å². The Kier molecular flexibility index (Phi) is 3.37. The highest BCUT2D eigenvalue weighted by Crippen LogP contribution is 2.37. The Hall–Kier alpha value is -1.26. The zero-order chi connectivity index (χ0) is 13.4. The third-order valence-corrected chi connectivity index (χ3v) is 4.42. The summed E-state index contributed by atoms with van der Waals surface area (Å²) in [6, 6.07) is 5.65. The number of rotatable bonds is 4. The minimum atomic E-state index is 0.126. The van der Waals surface area contributed by atoms with Crippen LogP contribution in [0.5, 0.6) is 0 Å². The molecule has 1 aliphatic rings. The number of benzene rings is 1. The number of aromatic nitrogens is 1. The number of carbonyl (C=O) groups is 1. The molecule has 0 saturated heterocycles. The number of hydrogen-bond donors (Lipinski definition) is 0. The largest absolute Gasteiger partial charge is 0.356 e. The van der Waals surface area contributed by atoms with Gasteiger partial charge in [-0.1, -0.05) is 16.8 Å². The molecule has 2 aromatic rings. The molecule has 0 aliphatic heterocycles. The van der Waals surface area contributed by atoms with E-state index in [0.29, 0.717) is 16.3 Å². The molecule has 0 amide bonds. The number of hydrogen-bond acceptors (Lipinski definition) is 4. The number of nitrogens with zero attached hydrogens (tertiary/aromatic N) is 1. The fourth-order valence-electron chi connectivity index (χ4n) is 2.00. The second-order valence-corrected chi connectivity index (χ2v) is 5.81. The van der Waals surface area contributed by atoms with E-state index in [9.17, 15) is 4.79 Å². The third kappa shape index (κ3) is 2.42. The Morgan fingerprint density at radius 1 is 1.47 bits per heavy atom. The summed E-state index contributed by atoms with van der Waals surface area (Å²) < 4.78 is 5.24. The topological polar surface area (TPSA) is 43.1 Å². The number of thioether (sulfide) groups is 1. The molecule has 5 heteroatoms. The lowest BCUT2D eigenvalue weighted by atomic mass is 10.0. The van der Waals surface area contributed by atoms with E-state index >= 15 is 0 Å². The standard InChI is InChI=1S/C14H12ClNO2S/c1-19-12-5-4-9(6-11(12)15)14-10(7-16-18-14)13(17)8-2-3-8/h4-8H,2-3H2,1H3. The van der Waals surface area contributed by atoms with Crippen LogP contribution in [-0.4, -0.2) is 17.2 Å². The lowest BCUT2D eigenvalue weighted by molar-refractivity contribution is 0.0968. The lowest BCUT2D eigenvalue weighted by Gasteiger charge is -2.04. The highest BCUT2D eigenvalue weighted by atomic mass is 35.5. The van der Waals surface area contributed by atoms with Gasteiger partial charge in [0.15, 0.2) is 11.5 Å². The first-order chi connectivity index (χ1) is 9.20. The van der Waals surface area contributed by atoms with Crippen molar-refractivity contribution in [1.82, 2.24) is 5.16 Å². The van der Waals surface area contributed by atoms with Gasteiger partial charge in [0, 0.05) is 16.4 Å². The molecule has 1 aliphatic carbocycles. The van der Waals surface area contributed by atoms with Crippen LogP contribution in [0.25, 0.3) is 11.3 Å². The molecule has 1 aromatic carbocycles. The zero-order valence-corrected chi connectivity index (χ0v) is 11.9. The minimum Gasteiger partial charge on any atom is -0.356 e. The average molecular weight is 294 g/mol. The Labute approximate surface area is 120 Å². The smallest absolute Gasteiger partial charge is 0.177 e. The fourth-order valence-corrected chi connectivity index (χ4v) is 2.87. The predicted molar refractivity (Wildman–Crippen MR) is 75.8 cm³/mol. The number of halogens is 1. The Bertz CT molecular complexity index is 634. The first kappa shape index (κ1) is 12.8. The molecule has 0 bridgehead atoms. The van der Waals surface area contributed by atoms with Crippen LogP contribution in [0.15, 0.2) is 33.8 Å². The monoisotopic (exact) mass is 293 g/mol. The van der Waals surface area contributed by atoms with Gasteiger partial charge in [-0.25, -0.2) is 0 Å². The van der Waals surface area contributed by atoms with E-state index in [1.54, 1.807) is 11.8 Å². The summed E-state index contributed by atoms with van der Waals surface area (Å²) in [5.74, 6) is 0.798. The maximum atomic E-state index is 12.1. The van der Waals surface area contributed by atoms with E-state index < -0.39 is 0 Å². The normalized spacial score (nSPS) is 14.6. The van der Waals surface area contributed by atoms with E-state index in [0.717, 1.165) is 23.3 Å². The van der Waals surface area contributed by atoms with Gasteiger partial charge < -0.3 is 4.52 Å². The van der Waals surface area contributed by atoms with Crippen molar-refractivity contribution in [2.75, 3.05) is 6.26 Å². The van der Waals surface area contributed by atoms with E-state index in [1.807, 2.05) is 24.5 Å². The number of carbonyl (C=O) groups excluding carboxylic acids is 1. The van der Waals surface area contributed by atoms with Crippen LogP contribution < -0.4 is 0 Å². The molecule has 1 heterocycles. The molecule has 3 rings (SSSR count). The van der Waals surface area contributed by atoms with Crippen LogP contribution in [0.4, 0.5) is 0 Å². The first-order valence-electron chi connectivity index (χ1n) is 6.03. The Morgan fingerprint density at radius 2 is 2.26 bits per heavy atom. The first-order valence-corrected chi connectivity index (χ1v) is 7.63. The molecule has 1 fully saturated rings. The lowest BCUT2D eigenvalue weighted by Crippen LogP contribution is -2.01. The number of ketones is 1. The van der Waals surface area contributed by atoms with E-state index in [1.165, 1.54) is 6.20 Å². The van der Waals surface area contributed by atoms with Crippen LogP contribution in [0.1, 0.15) is 23.2 Å². The van der Waals surface area contributed by atoms with E-state index in [2.05, 4.69) is 5.16 Å². The van der Waals surface area contributed by atoms with Gasteiger partial charge in [0.05, 0.1) is 16.8 Å². The van der Waals surface area contributed by atoms with Crippen LogP contribution in [-0.2, 0) is 0 Å². The van der Waals surface area contributed by atoms with Crippen molar-refractivity contribution in [3.63, 3.8) is 0 Å². The maximum absolute atomic E-state index is 12.1. The second-order valence-electron chi connectivity index (χ2n) is 4.56. The summed E-state index contributed by atoms with van der Waals surface area (Å²) in [7, 11) is 0. The van der Waals surface area contributed by atoms with Crippen LogP contribution in [0, 0.1) is 5.92 Å². The van der Waals surface area contributed by atoms with Gasteiger partial charge in [-0.05, 0) is 37.3 Å². The second kappa shape index (κ2) is 5.02. The van der Waals surface area contributed by atoms with Crippen LogP contribution >= 0.6 is 23.4 Å². The highest BCUT2D eigenvalue weighted by Gasteiger charge is 2.33.